The molecule has 0 bridgehead atoms. The largest absolute Gasteiger partial charge is 0.463 e. The smallest absolute Gasteiger partial charge is 0.377 e. The molecular formula is C9H13N3O3. The molecule has 0 radical (unpaired) electrons. The van der Waals surface area contributed by atoms with Gasteiger partial charge in [0.15, 0.2) is 0 Å². The number of aromatic nitrogens is 3. The molecule has 15 heavy (non-hydrogen) atoms. The van der Waals surface area contributed by atoms with Crippen molar-refractivity contribution in [3.05, 3.63) is 12.2 Å². The maximum absolute atomic E-state index is 11.1. The summed E-state index contributed by atoms with van der Waals surface area (Å²) in [6.45, 7) is 2.31. The first-order valence-electron chi connectivity index (χ1n) is 4.85. The van der Waals surface area contributed by atoms with Crippen molar-refractivity contribution < 1.29 is 14.3 Å². The predicted octanol–water partition coefficient (Wildman–Crippen LogP) is 0.101. The van der Waals surface area contributed by atoms with Crippen molar-refractivity contribution in [1.82, 2.24) is 14.8 Å². The minimum absolute atomic E-state index is 0.108. The second-order valence-electron chi connectivity index (χ2n) is 3.51. The zero-order chi connectivity index (χ0) is 10.7. The molecule has 1 fully saturated rings. The zero-order valence-corrected chi connectivity index (χ0v) is 8.55. The van der Waals surface area contributed by atoms with Crippen LogP contribution >= 0.6 is 0 Å². The summed E-state index contributed by atoms with van der Waals surface area (Å²) in [6.07, 6.45) is 2.58. The van der Waals surface area contributed by atoms with Crippen LogP contribution < -0.4 is 0 Å². The Kier molecular flexibility index (Phi) is 2.96. The van der Waals surface area contributed by atoms with E-state index >= 15 is 0 Å². The Morgan fingerprint density at radius 3 is 3.33 bits per heavy atom. The Labute approximate surface area is 87.2 Å². The molecule has 1 aromatic heterocycles. The molecule has 1 unspecified atom stereocenters. The average Bonchev–Trinajstić information content (AvgIpc) is 2.88. The summed E-state index contributed by atoms with van der Waals surface area (Å²) >= 11 is 0. The van der Waals surface area contributed by atoms with Crippen LogP contribution in [0.5, 0.6) is 0 Å². The van der Waals surface area contributed by atoms with Gasteiger partial charge in [-0.25, -0.2) is 9.78 Å². The number of rotatable bonds is 3. The van der Waals surface area contributed by atoms with Crippen LogP contribution in [0.1, 0.15) is 17.0 Å². The van der Waals surface area contributed by atoms with Gasteiger partial charge in [0.05, 0.1) is 13.7 Å². The van der Waals surface area contributed by atoms with Gasteiger partial charge in [0.2, 0.25) is 0 Å². The van der Waals surface area contributed by atoms with E-state index in [1.54, 1.807) is 11.0 Å². The molecule has 2 heterocycles. The lowest BCUT2D eigenvalue weighted by Gasteiger charge is -2.05. The van der Waals surface area contributed by atoms with Crippen molar-refractivity contribution in [2.24, 2.45) is 5.92 Å². The lowest BCUT2D eigenvalue weighted by Crippen LogP contribution is -2.12. The molecule has 6 nitrogen and oxygen atoms in total. The second kappa shape index (κ2) is 4.39. The van der Waals surface area contributed by atoms with Crippen molar-refractivity contribution in [3.8, 4) is 0 Å². The number of hydrogen-bond acceptors (Lipinski definition) is 5. The fourth-order valence-corrected chi connectivity index (χ4v) is 1.56. The summed E-state index contributed by atoms with van der Waals surface area (Å²) in [5.41, 5.74) is 0. The zero-order valence-electron chi connectivity index (χ0n) is 8.55. The van der Waals surface area contributed by atoms with E-state index in [2.05, 4.69) is 14.8 Å². The highest BCUT2D eigenvalue weighted by atomic mass is 16.5. The maximum atomic E-state index is 11.1. The Balaban J connectivity index is 1.97. The third-order valence-corrected chi connectivity index (χ3v) is 2.37. The van der Waals surface area contributed by atoms with Crippen LogP contribution in [0.15, 0.2) is 6.33 Å². The van der Waals surface area contributed by atoms with Crippen LogP contribution in [0.2, 0.25) is 0 Å². The molecule has 2 rings (SSSR count). The number of methoxy groups -OCH3 is 1. The number of nitrogens with zero attached hydrogens (tertiary/aromatic N) is 3. The molecule has 0 N–H and O–H groups in total. The van der Waals surface area contributed by atoms with Gasteiger partial charge in [0.25, 0.3) is 5.82 Å². The van der Waals surface area contributed by atoms with E-state index in [1.165, 1.54) is 7.11 Å². The monoisotopic (exact) mass is 211 g/mol. The van der Waals surface area contributed by atoms with Gasteiger partial charge in [-0.3, -0.25) is 4.68 Å². The Morgan fingerprint density at radius 1 is 1.80 bits per heavy atom. The number of carbonyl (C=O) groups is 1. The predicted molar refractivity (Wildman–Crippen MR) is 50.3 cm³/mol. The van der Waals surface area contributed by atoms with Gasteiger partial charge in [-0.05, 0) is 6.42 Å². The van der Waals surface area contributed by atoms with Crippen molar-refractivity contribution in [3.63, 3.8) is 0 Å². The molecule has 1 saturated heterocycles. The fraction of sp³-hybridized carbons (Fsp3) is 0.667. The minimum Gasteiger partial charge on any atom is -0.463 e. The lowest BCUT2D eigenvalue weighted by molar-refractivity contribution is 0.0586. The van der Waals surface area contributed by atoms with E-state index in [9.17, 15) is 4.79 Å². The van der Waals surface area contributed by atoms with Gasteiger partial charge >= 0.3 is 5.97 Å². The van der Waals surface area contributed by atoms with Gasteiger partial charge in [-0.2, -0.15) is 0 Å². The summed E-state index contributed by atoms with van der Waals surface area (Å²) in [7, 11) is 1.31. The van der Waals surface area contributed by atoms with Gasteiger partial charge in [-0.15, -0.1) is 5.10 Å². The highest BCUT2D eigenvalue weighted by Gasteiger charge is 2.18. The third-order valence-electron chi connectivity index (χ3n) is 2.37. The molecule has 1 aliphatic rings. The first-order chi connectivity index (χ1) is 7.29. The van der Waals surface area contributed by atoms with E-state index in [-0.39, 0.29) is 5.82 Å². The van der Waals surface area contributed by atoms with Crippen molar-refractivity contribution in [2.75, 3.05) is 20.3 Å². The Hall–Kier alpha value is -1.43. The van der Waals surface area contributed by atoms with Gasteiger partial charge < -0.3 is 9.47 Å². The summed E-state index contributed by atoms with van der Waals surface area (Å²) in [5.74, 6) is 0.0741. The standard InChI is InChI=1S/C9H13N3O3/c1-14-9(13)8-10-6-12(11-8)4-7-2-3-15-5-7/h6-7H,2-5H2,1H3. The van der Waals surface area contributed by atoms with Crippen LogP contribution in [0, 0.1) is 5.92 Å². The summed E-state index contributed by atoms with van der Waals surface area (Å²) in [4.78, 5) is 14.9. The molecule has 0 spiro atoms. The maximum Gasteiger partial charge on any atom is 0.377 e. The fourth-order valence-electron chi connectivity index (χ4n) is 1.56. The molecule has 0 aromatic carbocycles. The topological polar surface area (TPSA) is 66.2 Å². The summed E-state index contributed by atoms with van der Waals surface area (Å²) < 4.78 is 11.4. The first kappa shape index (κ1) is 10.1. The molecule has 0 amide bonds. The number of hydrogen-bond donors (Lipinski definition) is 0. The lowest BCUT2D eigenvalue weighted by atomic mass is 10.1. The minimum atomic E-state index is -0.503. The van der Waals surface area contributed by atoms with Crippen molar-refractivity contribution in [2.45, 2.75) is 13.0 Å². The van der Waals surface area contributed by atoms with Crippen molar-refractivity contribution >= 4 is 5.97 Å². The van der Waals surface area contributed by atoms with E-state index in [1.807, 2.05) is 0 Å². The number of carbonyl (C=O) groups excluding carboxylic acids is 1. The molecular weight excluding hydrogens is 198 g/mol. The SMILES string of the molecule is COC(=O)c1ncn(CC2CCOC2)n1. The van der Waals surface area contributed by atoms with Crippen LogP contribution in [-0.2, 0) is 16.0 Å². The van der Waals surface area contributed by atoms with Gasteiger partial charge in [0, 0.05) is 19.1 Å². The van der Waals surface area contributed by atoms with Crippen LogP contribution in [0.4, 0.5) is 0 Å². The van der Waals surface area contributed by atoms with Crippen LogP contribution in [0.3, 0.4) is 0 Å². The number of ether oxygens (including phenoxy) is 2. The molecule has 1 atom stereocenters. The van der Waals surface area contributed by atoms with Crippen LogP contribution in [0.25, 0.3) is 0 Å². The molecule has 1 aromatic rings. The van der Waals surface area contributed by atoms with Gasteiger partial charge in [0.1, 0.15) is 6.33 Å². The van der Waals surface area contributed by atoms with E-state index in [0.29, 0.717) is 5.92 Å². The molecule has 0 aliphatic carbocycles. The van der Waals surface area contributed by atoms with Crippen LogP contribution in [-0.4, -0.2) is 41.1 Å². The third kappa shape index (κ3) is 2.33. The molecule has 6 heteroatoms. The highest BCUT2D eigenvalue weighted by molar-refractivity contribution is 5.84. The first-order valence-corrected chi connectivity index (χ1v) is 4.85. The molecule has 1 aliphatic heterocycles. The summed E-state index contributed by atoms with van der Waals surface area (Å²) in [5, 5.41) is 4.02. The Morgan fingerprint density at radius 2 is 2.67 bits per heavy atom. The molecule has 0 saturated carbocycles. The van der Waals surface area contributed by atoms with Crippen molar-refractivity contribution in [1.29, 1.82) is 0 Å². The van der Waals surface area contributed by atoms with E-state index in [0.717, 1.165) is 26.2 Å². The second-order valence-corrected chi connectivity index (χ2v) is 3.51. The number of esters is 1. The molecule has 82 valence electrons. The van der Waals surface area contributed by atoms with E-state index in [4.69, 9.17) is 4.74 Å². The normalized spacial score (nSPS) is 20.5. The highest BCUT2D eigenvalue weighted by Crippen LogP contribution is 2.13. The van der Waals surface area contributed by atoms with Gasteiger partial charge in [-0.1, -0.05) is 0 Å². The van der Waals surface area contributed by atoms with E-state index < -0.39 is 5.97 Å². The summed E-state index contributed by atoms with van der Waals surface area (Å²) in [6, 6.07) is 0. The Bertz CT molecular complexity index is 344. The quantitative estimate of drug-likeness (QED) is 0.663. The average molecular weight is 211 g/mol.